The summed E-state index contributed by atoms with van der Waals surface area (Å²) in [6.45, 7) is 2.15. The predicted molar refractivity (Wildman–Crippen MR) is 64.3 cm³/mol. The van der Waals surface area contributed by atoms with Gasteiger partial charge in [-0.05, 0) is 18.2 Å². The van der Waals surface area contributed by atoms with Crippen LogP contribution in [0.5, 0.6) is 0 Å². The number of aromatic nitrogens is 2. The van der Waals surface area contributed by atoms with Crippen LogP contribution in [0.15, 0.2) is 18.2 Å². The molecule has 1 aromatic carbocycles. The van der Waals surface area contributed by atoms with Crippen molar-refractivity contribution in [2.45, 2.75) is 13.1 Å². The fourth-order valence-corrected chi connectivity index (χ4v) is 2.37. The van der Waals surface area contributed by atoms with Gasteiger partial charge in [0, 0.05) is 25.2 Å². The highest BCUT2D eigenvalue weighted by Gasteiger charge is 2.20. The number of halogens is 3. The highest BCUT2D eigenvalue weighted by atomic mass is 35.5. The maximum absolute atomic E-state index is 13.2. The van der Waals surface area contributed by atoms with E-state index >= 15 is 0 Å². The summed E-state index contributed by atoms with van der Waals surface area (Å²) >= 11 is 6.04. The van der Waals surface area contributed by atoms with E-state index in [9.17, 15) is 8.78 Å². The number of nitrogens with zero attached hydrogens (tertiary/aromatic N) is 2. The first-order valence-electron chi connectivity index (χ1n) is 5.58. The van der Waals surface area contributed by atoms with Crippen molar-refractivity contribution in [1.29, 1.82) is 0 Å². The van der Waals surface area contributed by atoms with E-state index in [1.165, 1.54) is 6.07 Å². The largest absolute Gasteiger partial charge is 0.324 e. The first-order valence-corrected chi connectivity index (χ1v) is 5.95. The topological polar surface area (TPSA) is 29.9 Å². The van der Waals surface area contributed by atoms with Gasteiger partial charge in [0.1, 0.15) is 5.82 Å². The standard InChI is InChI=1S/C12H10ClF2N3/c13-11-10-6-16-3-4-18(10)12(17-11)7-1-2-8(14)9(15)5-7/h1-2,5,16H,3-4,6H2. The Kier molecular flexibility index (Phi) is 2.80. The van der Waals surface area contributed by atoms with E-state index in [0.717, 1.165) is 24.4 Å². The lowest BCUT2D eigenvalue weighted by Crippen LogP contribution is -2.28. The third-order valence-corrected chi connectivity index (χ3v) is 3.31. The van der Waals surface area contributed by atoms with Crippen molar-refractivity contribution in [3.8, 4) is 11.4 Å². The van der Waals surface area contributed by atoms with Gasteiger partial charge in [-0.15, -0.1) is 0 Å². The summed E-state index contributed by atoms with van der Waals surface area (Å²) in [6.07, 6.45) is 0. The molecule has 3 nitrogen and oxygen atoms in total. The number of hydrogen-bond acceptors (Lipinski definition) is 2. The van der Waals surface area contributed by atoms with E-state index in [4.69, 9.17) is 11.6 Å². The Morgan fingerprint density at radius 2 is 2.11 bits per heavy atom. The summed E-state index contributed by atoms with van der Waals surface area (Å²) in [5.74, 6) is -1.16. The molecule has 0 bridgehead atoms. The van der Waals surface area contributed by atoms with Gasteiger partial charge in [0.05, 0.1) is 5.69 Å². The van der Waals surface area contributed by atoms with Gasteiger partial charge >= 0.3 is 0 Å². The lowest BCUT2D eigenvalue weighted by atomic mass is 10.2. The van der Waals surface area contributed by atoms with Crippen molar-refractivity contribution < 1.29 is 8.78 Å². The molecule has 2 aromatic rings. The van der Waals surface area contributed by atoms with Gasteiger partial charge in [0.15, 0.2) is 16.8 Å². The molecule has 0 fully saturated rings. The van der Waals surface area contributed by atoms with Crippen LogP contribution in [0.1, 0.15) is 5.69 Å². The molecule has 0 radical (unpaired) electrons. The van der Waals surface area contributed by atoms with E-state index in [-0.39, 0.29) is 0 Å². The van der Waals surface area contributed by atoms with E-state index in [0.29, 0.717) is 29.6 Å². The molecule has 18 heavy (non-hydrogen) atoms. The zero-order valence-corrected chi connectivity index (χ0v) is 10.1. The number of rotatable bonds is 1. The first-order chi connectivity index (χ1) is 8.66. The molecule has 2 heterocycles. The highest BCUT2D eigenvalue weighted by Crippen LogP contribution is 2.27. The van der Waals surface area contributed by atoms with Crippen LogP contribution >= 0.6 is 11.6 Å². The lowest BCUT2D eigenvalue weighted by Gasteiger charge is -2.17. The molecule has 1 aliphatic rings. The van der Waals surface area contributed by atoms with E-state index in [2.05, 4.69) is 10.3 Å². The maximum Gasteiger partial charge on any atom is 0.159 e. The van der Waals surface area contributed by atoms with Crippen molar-refractivity contribution in [1.82, 2.24) is 14.9 Å². The molecule has 1 N–H and O–H groups in total. The predicted octanol–water partition coefficient (Wildman–Crippen LogP) is 2.58. The average molecular weight is 270 g/mol. The molecule has 1 aliphatic heterocycles. The molecule has 0 aliphatic carbocycles. The molecular weight excluding hydrogens is 260 g/mol. The molecule has 0 unspecified atom stereocenters. The van der Waals surface area contributed by atoms with Crippen molar-refractivity contribution in [2.24, 2.45) is 0 Å². The Hall–Kier alpha value is -1.46. The quantitative estimate of drug-likeness (QED) is 0.862. The summed E-state index contributed by atoms with van der Waals surface area (Å²) in [4.78, 5) is 4.23. The first kappa shape index (κ1) is 11.6. The van der Waals surface area contributed by atoms with Gasteiger partial charge in [-0.2, -0.15) is 0 Å². The van der Waals surface area contributed by atoms with Gasteiger partial charge in [0.25, 0.3) is 0 Å². The number of benzene rings is 1. The average Bonchev–Trinajstić information content (AvgIpc) is 2.71. The number of nitrogens with one attached hydrogen (secondary N) is 1. The van der Waals surface area contributed by atoms with Crippen LogP contribution in [0, 0.1) is 11.6 Å². The summed E-state index contributed by atoms with van der Waals surface area (Å²) in [6, 6.07) is 3.75. The van der Waals surface area contributed by atoms with Crippen LogP contribution < -0.4 is 5.32 Å². The van der Waals surface area contributed by atoms with E-state index < -0.39 is 11.6 Å². The number of hydrogen-bond donors (Lipinski definition) is 1. The third kappa shape index (κ3) is 1.79. The molecule has 1 aromatic heterocycles. The zero-order chi connectivity index (χ0) is 12.7. The summed E-state index contributed by atoms with van der Waals surface area (Å²) < 4.78 is 28.1. The van der Waals surface area contributed by atoms with Crippen LogP contribution in [-0.4, -0.2) is 16.1 Å². The van der Waals surface area contributed by atoms with Crippen LogP contribution in [0.25, 0.3) is 11.4 Å². The summed E-state index contributed by atoms with van der Waals surface area (Å²) in [5.41, 5.74) is 1.41. The number of imidazole rings is 1. The minimum atomic E-state index is -0.880. The van der Waals surface area contributed by atoms with Crippen LogP contribution in [0.3, 0.4) is 0 Å². The van der Waals surface area contributed by atoms with E-state index in [1.807, 2.05) is 4.57 Å². The fourth-order valence-electron chi connectivity index (χ4n) is 2.12. The molecule has 0 saturated heterocycles. The molecule has 94 valence electrons. The molecule has 0 saturated carbocycles. The van der Waals surface area contributed by atoms with Crippen molar-refractivity contribution in [3.63, 3.8) is 0 Å². The smallest absolute Gasteiger partial charge is 0.159 e. The molecule has 0 spiro atoms. The number of fused-ring (bicyclic) bond motifs is 1. The second kappa shape index (κ2) is 4.33. The molecule has 3 rings (SSSR count). The summed E-state index contributed by atoms with van der Waals surface area (Å²) in [5, 5.41) is 3.59. The van der Waals surface area contributed by atoms with Crippen LogP contribution in [0.4, 0.5) is 8.78 Å². The van der Waals surface area contributed by atoms with Gasteiger partial charge < -0.3 is 9.88 Å². The molecule has 0 atom stereocenters. The van der Waals surface area contributed by atoms with Gasteiger partial charge in [-0.1, -0.05) is 11.6 Å². The molecule has 0 amide bonds. The van der Waals surface area contributed by atoms with Crippen molar-refractivity contribution >= 4 is 11.6 Å². The van der Waals surface area contributed by atoms with E-state index in [1.54, 1.807) is 0 Å². The SMILES string of the molecule is Fc1ccc(-c2nc(Cl)c3n2CCNC3)cc1F. The third-order valence-electron chi connectivity index (χ3n) is 3.01. The van der Waals surface area contributed by atoms with Gasteiger partial charge in [0.2, 0.25) is 0 Å². The lowest BCUT2D eigenvalue weighted by molar-refractivity contribution is 0.507. The monoisotopic (exact) mass is 269 g/mol. The summed E-state index contributed by atoms with van der Waals surface area (Å²) in [7, 11) is 0. The normalized spacial score (nSPS) is 14.6. The van der Waals surface area contributed by atoms with Crippen LogP contribution in [-0.2, 0) is 13.1 Å². The maximum atomic E-state index is 13.2. The van der Waals surface area contributed by atoms with Gasteiger partial charge in [-0.25, -0.2) is 13.8 Å². The Bertz CT molecular complexity index is 610. The Morgan fingerprint density at radius 1 is 1.28 bits per heavy atom. The fraction of sp³-hybridized carbons (Fsp3) is 0.250. The Balaban J connectivity index is 2.14. The minimum absolute atomic E-state index is 0.405. The highest BCUT2D eigenvalue weighted by molar-refractivity contribution is 6.30. The zero-order valence-electron chi connectivity index (χ0n) is 9.38. The Morgan fingerprint density at radius 3 is 2.89 bits per heavy atom. The van der Waals surface area contributed by atoms with Gasteiger partial charge in [-0.3, -0.25) is 0 Å². The molecule has 6 heteroatoms. The molecular formula is C12H10ClF2N3. The van der Waals surface area contributed by atoms with Crippen molar-refractivity contribution in [3.05, 3.63) is 40.7 Å². The minimum Gasteiger partial charge on any atom is -0.324 e. The Labute approximate surface area is 107 Å². The second-order valence-corrected chi connectivity index (χ2v) is 4.49. The van der Waals surface area contributed by atoms with Crippen LogP contribution in [0.2, 0.25) is 5.15 Å². The second-order valence-electron chi connectivity index (χ2n) is 4.13. The van der Waals surface area contributed by atoms with Crippen molar-refractivity contribution in [2.75, 3.05) is 6.54 Å².